The largest absolute Gasteiger partial charge is 0.353 e. The number of nitrogens with one attached hydrogen (secondary N) is 1. The Morgan fingerprint density at radius 1 is 1.19 bits per heavy atom. The zero-order valence-electron chi connectivity index (χ0n) is 18.6. The van der Waals surface area contributed by atoms with Crippen LogP contribution in [0.15, 0.2) is 54.9 Å². The van der Waals surface area contributed by atoms with E-state index >= 15 is 0 Å². The van der Waals surface area contributed by atoms with Crippen LogP contribution in [-0.4, -0.2) is 45.2 Å². The fourth-order valence-corrected chi connectivity index (χ4v) is 5.23. The lowest BCUT2D eigenvalue weighted by molar-refractivity contribution is -0.133. The van der Waals surface area contributed by atoms with Gasteiger partial charge in [-0.25, -0.2) is 4.98 Å². The van der Waals surface area contributed by atoms with Crippen LogP contribution >= 0.6 is 0 Å². The second-order valence-electron chi connectivity index (χ2n) is 9.12. The first-order valence-corrected chi connectivity index (χ1v) is 11.7. The minimum Gasteiger partial charge on any atom is -0.353 e. The molecule has 32 heavy (non-hydrogen) atoms. The van der Waals surface area contributed by atoms with Gasteiger partial charge in [-0.1, -0.05) is 37.3 Å². The van der Waals surface area contributed by atoms with Gasteiger partial charge in [-0.3, -0.25) is 9.59 Å². The molecule has 2 aliphatic heterocycles. The van der Waals surface area contributed by atoms with Crippen molar-refractivity contribution in [1.29, 1.82) is 0 Å². The number of aromatic nitrogens is 2. The van der Waals surface area contributed by atoms with E-state index in [0.717, 1.165) is 37.0 Å². The third-order valence-corrected chi connectivity index (χ3v) is 7.23. The van der Waals surface area contributed by atoms with Crippen LogP contribution in [0.2, 0.25) is 0 Å². The van der Waals surface area contributed by atoms with Gasteiger partial charge in [-0.2, -0.15) is 0 Å². The fourth-order valence-electron chi connectivity index (χ4n) is 5.23. The molecular weight excluding hydrogens is 400 g/mol. The predicted octanol–water partition coefficient (Wildman–Crippen LogP) is 3.47. The van der Waals surface area contributed by atoms with Crippen molar-refractivity contribution in [3.63, 3.8) is 0 Å². The summed E-state index contributed by atoms with van der Waals surface area (Å²) in [6, 6.07) is 14.9. The van der Waals surface area contributed by atoms with Gasteiger partial charge in [0.2, 0.25) is 11.8 Å². The van der Waals surface area contributed by atoms with Gasteiger partial charge in [0, 0.05) is 49.8 Å². The molecule has 2 aliphatic rings. The number of hydrogen-bond donors (Lipinski definition) is 1. The van der Waals surface area contributed by atoms with E-state index in [1.165, 1.54) is 11.1 Å². The van der Waals surface area contributed by atoms with Crippen LogP contribution in [0.5, 0.6) is 0 Å². The average Bonchev–Trinajstić information content (AvgIpc) is 3.45. The number of pyridine rings is 1. The van der Waals surface area contributed by atoms with Crippen LogP contribution in [0.4, 0.5) is 0 Å². The van der Waals surface area contributed by atoms with Gasteiger partial charge in [0.15, 0.2) is 0 Å². The van der Waals surface area contributed by atoms with Crippen molar-refractivity contribution in [2.75, 3.05) is 13.1 Å². The SMILES string of the molecule is CCc1ccn2cc(C3(c4ccccc4)CCN(C(=O)C[C@H]4CCC(=O)N4)CC3)nc2c1. The highest BCUT2D eigenvalue weighted by atomic mass is 16.2. The van der Waals surface area contributed by atoms with E-state index in [2.05, 4.69) is 65.4 Å². The molecule has 2 saturated heterocycles. The highest BCUT2D eigenvalue weighted by Crippen LogP contribution is 2.41. The van der Waals surface area contributed by atoms with E-state index in [0.29, 0.717) is 25.9 Å². The van der Waals surface area contributed by atoms with Gasteiger partial charge >= 0.3 is 0 Å². The summed E-state index contributed by atoms with van der Waals surface area (Å²) in [7, 11) is 0. The maximum Gasteiger partial charge on any atom is 0.224 e. The fraction of sp³-hybridized carbons (Fsp3) is 0.423. The molecule has 6 heteroatoms. The molecule has 3 aromatic rings. The number of imidazole rings is 1. The Labute approximate surface area is 188 Å². The summed E-state index contributed by atoms with van der Waals surface area (Å²) in [6.45, 7) is 3.55. The summed E-state index contributed by atoms with van der Waals surface area (Å²) in [5.74, 6) is 0.198. The van der Waals surface area contributed by atoms with Gasteiger partial charge in [0.1, 0.15) is 5.65 Å². The molecule has 0 spiro atoms. The van der Waals surface area contributed by atoms with Crippen molar-refractivity contribution in [1.82, 2.24) is 19.6 Å². The van der Waals surface area contributed by atoms with E-state index in [9.17, 15) is 9.59 Å². The van der Waals surface area contributed by atoms with Crippen molar-refractivity contribution in [3.8, 4) is 0 Å². The molecular formula is C26H30N4O2. The van der Waals surface area contributed by atoms with Crippen LogP contribution in [-0.2, 0) is 21.4 Å². The van der Waals surface area contributed by atoms with E-state index in [1.54, 1.807) is 0 Å². The maximum atomic E-state index is 12.9. The summed E-state index contributed by atoms with van der Waals surface area (Å²) < 4.78 is 2.11. The van der Waals surface area contributed by atoms with Crippen molar-refractivity contribution < 1.29 is 9.59 Å². The monoisotopic (exact) mass is 430 g/mol. The second-order valence-corrected chi connectivity index (χ2v) is 9.12. The Morgan fingerprint density at radius 3 is 2.66 bits per heavy atom. The molecule has 0 unspecified atom stereocenters. The third-order valence-electron chi connectivity index (χ3n) is 7.23. The Hall–Kier alpha value is -3.15. The van der Waals surface area contributed by atoms with E-state index in [1.807, 2.05) is 11.0 Å². The summed E-state index contributed by atoms with van der Waals surface area (Å²) in [4.78, 5) is 31.4. The lowest BCUT2D eigenvalue weighted by Gasteiger charge is -2.41. The quantitative estimate of drug-likeness (QED) is 0.674. The number of aryl methyl sites for hydroxylation is 1. The molecule has 0 aliphatic carbocycles. The van der Waals surface area contributed by atoms with Gasteiger partial charge in [0.25, 0.3) is 0 Å². The van der Waals surface area contributed by atoms with Crippen LogP contribution < -0.4 is 5.32 Å². The van der Waals surface area contributed by atoms with E-state index in [-0.39, 0.29) is 23.3 Å². The molecule has 0 saturated carbocycles. The summed E-state index contributed by atoms with van der Waals surface area (Å²) in [5, 5.41) is 2.92. The second kappa shape index (κ2) is 8.41. The summed E-state index contributed by atoms with van der Waals surface area (Å²) in [5.41, 5.74) is 4.38. The number of likely N-dealkylation sites (tertiary alicyclic amines) is 1. The smallest absolute Gasteiger partial charge is 0.224 e. The van der Waals surface area contributed by atoms with Gasteiger partial charge in [0.05, 0.1) is 5.69 Å². The van der Waals surface area contributed by atoms with Crippen LogP contribution in [0.3, 0.4) is 0 Å². The van der Waals surface area contributed by atoms with E-state index < -0.39 is 0 Å². The standard InChI is InChI=1S/C26H30N4O2/c1-2-19-10-13-30-18-22(28-23(30)16-19)26(20-6-4-3-5-7-20)11-14-29(15-12-26)25(32)17-21-8-9-24(31)27-21/h3-7,10,13,16,18,21H,2,8-9,11-12,14-15,17H2,1H3,(H,27,31)/t21-/m1/s1. The Balaban J connectivity index is 1.41. The number of hydrogen-bond acceptors (Lipinski definition) is 3. The number of nitrogens with zero attached hydrogens (tertiary/aromatic N) is 3. The van der Waals surface area contributed by atoms with Gasteiger partial charge in [-0.05, 0) is 48.9 Å². The molecule has 1 N–H and O–H groups in total. The Morgan fingerprint density at radius 2 is 1.97 bits per heavy atom. The molecule has 2 amide bonds. The molecule has 0 radical (unpaired) electrons. The van der Waals surface area contributed by atoms with Crippen molar-refractivity contribution in [3.05, 3.63) is 71.7 Å². The molecule has 1 aromatic carbocycles. The topological polar surface area (TPSA) is 66.7 Å². The first kappa shape index (κ1) is 20.7. The molecule has 1 atom stereocenters. The number of carbonyl (C=O) groups is 2. The van der Waals surface area contributed by atoms with Crippen LogP contribution in [0.25, 0.3) is 5.65 Å². The number of fused-ring (bicyclic) bond motifs is 1. The molecule has 2 aromatic heterocycles. The van der Waals surface area contributed by atoms with Gasteiger partial charge < -0.3 is 14.6 Å². The molecule has 2 fully saturated rings. The first-order valence-electron chi connectivity index (χ1n) is 11.7. The Kier molecular flexibility index (Phi) is 5.45. The molecule has 0 bridgehead atoms. The molecule has 5 rings (SSSR count). The van der Waals surface area contributed by atoms with Crippen molar-refractivity contribution >= 4 is 17.5 Å². The normalized spacial score (nSPS) is 20.5. The highest BCUT2D eigenvalue weighted by Gasteiger charge is 2.41. The first-order chi connectivity index (χ1) is 15.6. The Bertz CT molecular complexity index is 1130. The zero-order chi connectivity index (χ0) is 22.1. The molecule has 166 valence electrons. The lowest BCUT2D eigenvalue weighted by Crippen LogP contribution is -2.47. The predicted molar refractivity (Wildman–Crippen MR) is 123 cm³/mol. The molecule has 6 nitrogen and oxygen atoms in total. The van der Waals surface area contributed by atoms with Crippen LogP contribution in [0, 0.1) is 0 Å². The number of carbonyl (C=O) groups excluding carboxylic acids is 2. The van der Waals surface area contributed by atoms with Crippen LogP contribution in [0.1, 0.15) is 55.8 Å². The minimum atomic E-state index is -0.210. The van der Waals surface area contributed by atoms with Crippen molar-refractivity contribution in [2.24, 2.45) is 0 Å². The number of piperidine rings is 1. The number of rotatable bonds is 5. The zero-order valence-corrected chi connectivity index (χ0v) is 18.6. The minimum absolute atomic E-state index is 0.0120. The van der Waals surface area contributed by atoms with Gasteiger partial charge in [-0.15, -0.1) is 0 Å². The molecule has 4 heterocycles. The van der Waals surface area contributed by atoms with Crippen molar-refractivity contribution in [2.45, 2.75) is 56.9 Å². The maximum absolute atomic E-state index is 12.9. The lowest BCUT2D eigenvalue weighted by atomic mass is 9.70. The number of amides is 2. The average molecular weight is 431 g/mol. The summed E-state index contributed by atoms with van der Waals surface area (Å²) >= 11 is 0. The highest BCUT2D eigenvalue weighted by molar-refractivity contribution is 5.82. The summed E-state index contributed by atoms with van der Waals surface area (Å²) in [6.07, 6.45) is 8.61. The third kappa shape index (κ3) is 3.78. The number of benzene rings is 1. The van der Waals surface area contributed by atoms with E-state index in [4.69, 9.17) is 4.98 Å².